The molecule has 2 rings (SSSR count). The Morgan fingerprint density at radius 2 is 2.09 bits per heavy atom. The molecule has 0 aromatic carbocycles. The largest absolute Gasteiger partial charge is 0.357 e. The summed E-state index contributed by atoms with van der Waals surface area (Å²) in [6.07, 6.45) is 7.48. The van der Waals surface area contributed by atoms with Crippen LogP contribution < -0.4 is 10.6 Å². The summed E-state index contributed by atoms with van der Waals surface area (Å²) in [6.45, 7) is 11.6. The van der Waals surface area contributed by atoms with E-state index in [9.17, 15) is 0 Å². The Balaban J connectivity index is 1.62. The minimum Gasteiger partial charge on any atom is -0.357 e. The van der Waals surface area contributed by atoms with Gasteiger partial charge in [0.15, 0.2) is 5.96 Å². The Morgan fingerprint density at radius 3 is 2.78 bits per heavy atom. The topological polar surface area (TPSA) is 57.5 Å². The fourth-order valence-corrected chi connectivity index (χ4v) is 2.82. The van der Waals surface area contributed by atoms with Crippen molar-refractivity contribution in [1.29, 1.82) is 0 Å². The van der Waals surface area contributed by atoms with Crippen molar-refractivity contribution >= 4 is 5.96 Å². The van der Waals surface area contributed by atoms with Crippen LogP contribution in [0.3, 0.4) is 0 Å². The van der Waals surface area contributed by atoms with E-state index in [-0.39, 0.29) is 0 Å². The number of rotatable bonds is 8. The molecule has 1 aliphatic rings. The molecule has 0 unspecified atom stereocenters. The number of nitrogens with zero attached hydrogens (tertiary/aromatic N) is 4. The van der Waals surface area contributed by atoms with Crippen molar-refractivity contribution in [3.63, 3.8) is 0 Å². The zero-order chi connectivity index (χ0) is 16.3. The summed E-state index contributed by atoms with van der Waals surface area (Å²) in [5, 5.41) is 11.0. The summed E-state index contributed by atoms with van der Waals surface area (Å²) < 4.78 is 1.95. The molecule has 0 spiro atoms. The predicted octanol–water partition coefficient (Wildman–Crippen LogP) is 1.56. The third-order valence-corrected chi connectivity index (χ3v) is 4.32. The predicted molar refractivity (Wildman–Crippen MR) is 95.7 cm³/mol. The Bertz CT molecular complexity index is 434. The highest BCUT2D eigenvalue weighted by atomic mass is 15.3. The number of hydrogen-bond donors (Lipinski definition) is 2. The molecular formula is C17H32N6. The first-order valence-corrected chi connectivity index (χ1v) is 9.00. The number of aryl methyl sites for hydroxylation is 1. The monoisotopic (exact) mass is 320 g/mol. The summed E-state index contributed by atoms with van der Waals surface area (Å²) in [5.41, 5.74) is 0. The lowest BCUT2D eigenvalue weighted by atomic mass is 9.99. The molecule has 6 heteroatoms. The third-order valence-electron chi connectivity index (χ3n) is 4.32. The maximum absolute atomic E-state index is 4.64. The van der Waals surface area contributed by atoms with Crippen LogP contribution in [0.25, 0.3) is 0 Å². The Kier molecular flexibility index (Phi) is 7.93. The van der Waals surface area contributed by atoms with E-state index >= 15 is 0 Å². The van der Waals surface area contributed by atoms with Gasteiger partial charge < -0.3 is 15.5 Å². The molecule has 1 saturated heterocycles. The van der Waals surface area contributed by atoms with Crippen molar-refractivity contribution in [3.05, 3.63) is 18.5 Å². The van der Waals surface area contributed by atoms with Gasteiger partial charge in [0.05, 0.1) is 0 Å². The number of nitrogens with one attached hydrogen (secondary N) is 2. The van der Waals surface area contributed by atoms with Gasteiger partial charge in [-0.2, -0.15) is 5.10 Å². The van der Waals surface area contributed by atoms with Crippen LogP contribution in [-0.2, 0) is 6.54 Å². The molecule has 0 saturated carbocycles. The first kappa shape index (κ1) is 17.8. The van der Waals surface area contributed by atoms with E-state index in [1.54, 1.807) is 0 Å². The molecule has 0 atom stereocenters. The first-order chi connectivity index (χ1) is 11.3. The number of hydrogen-bond acceptors (Lipinski definition) is 3. The molecule has 1 aromatic heterocycles. The number of aliphatic imine (C=N–C) groups is 1. The van der Waals surface area contributed by atoms with Gasteiger partial charge in [-0.3, -0.25) is 9.67 Å². The lowest BCUT2D eigenvalue weighted by Crippen LogP contribution is -2.43. The van der Waals surface area contributed by atoms with E-state index in [2.05, 4.69) is 39.5 Å². The van der Waals surface area contributed by atoms with Crippen molar-refractivity contribution < 1.29 is 0 Å². The standard InChI is InChI=1S/C17H32N6/c1-3-18-17(19-8-4-11-23-12-5-9-21-23)20-10-15-22-13-6-16(2)7-14-22/h5,9,12,16H,3-4,6-8,10-11,13-15H2,1-2H3,(H2,18,19,20). The SMILES string of the molecule is CCNC(=NCCCn1cccn1)NCCN1CCC(C)CC1. The number of piperidine rings is 1. The summed E-state index contributed by atoms with van der Waals surface area (Å²) >= 11 is 0. The summed E-state index contributed by atoms with van der Waals surface area (Å²) in [6, 6.07) is 1.95. The van der Waals surface area contributed by atoms with Crippen LogP contribution in [0.4, 0.5) is 0 Å². The number of aromatic nitrogens is 2. The van der Waals surface area contributed by atoms with Gasteiger partial charge in [0.25, 0.3) is 0 Å². The van der Waals surface area contributed by atoms with Crippen LogP contribution >= 0.6 is 0 Å². The van der Waals surface area contributed by atoms with Gasteiger partial charge in [-0.05, 0) is 51.3 Å². The van der Waals surface area contributed by atoms with Gasteiger partial charge in [-0.25, -0.2) is 0 Å². The maximum Gasteiger partial charge on any atom is 0.191 e. The summed E-state index contributed by atoms with van der Waals surface area (Å²) in [7, 11) is 0. The quantitative estimate of drug-likeness (QED) is 0.434. The highest BCUT2D eigenvalue weighted by Crippen LogP contribution is 2.14. The maximum atomic E-state index is 4.64. The molecule has 2 N–H and O–H groups in total. The van der Waals surface area contributed by atoms with Crippen LogP contribution in [-0.4, -0.2) is 59.9 Å². The lowest BCUT2D eigenvalue weighted by molar-refractivity contribution is 0.195. The van der Waals surface area contributed by atoms with Crippen LogP contribution in [0.5, 0.6) is 0 Å². The van der Waals surface area contributed by atoms with E-state index in [1.165, 1.54) is 25.9 Å². The molecule has 0 radical (unpaired) electrons. The van der Waals surface area contributed by atoms with Gasteiger partial charge in [-0.1, -0.05) is 6.92 Å². The van der Waals surface area contributed by atoms with Gasteiger partial charge in [-0.15, -0.1) is 0 Å². The minimum absolute atomic E-state index is 0.816. The molecule has 1 fully saturated rings. The molecule has 0 bridgehead atoms. The summed E-state index contributed by atoms with van der Waals surface area (Å²) in [5.74, 6) is 1.83. The van der Waals surface area contributed by atoms with Crippen LogP contribution in [0.1, 0.15) is 33.1 Å². The zero-order valence-electron chi connectivity index (χ0n) is 14.7. The van der Waals surface area contributed by atoms with E-state index in [1.807, 2.05) is 23.1 Å². The number of likely N-dealkylation sites (tertiary alicyclic amines) is 1. The van der Waals surface area contributed by atoms with Crippen molar-refractivity contribution in [2.45, 2.75) is 39.7 Å². The van der Waals surface area contributed by atoms with Gasteiger partial charge in [0, 0.05) is 45.1 Å². The first-order valence-electron chi connectivity index (χ1n) is 9.00. The van der Waals surface area contributed by atoms with Crippen LogP contribution in [0.15, 0.2) is 23.5 Å². The lowest BCUT2D eigenvalue weighted by Gasteiger charge is -2.30. The van der Waals surface area contributed by atoms with Crippen molar-refractivity contribution in [1.82, 2.24) is 25.3 Å². The van der Waals surface area contributed by atoms with Gasteiger partial charge >= 0.3 is 0 Å². The zero-order valence-corrected chi connectivity index (χ0v) is 14.7. The Labute approximate surface area is 140 Å². The van der Waals surface area contributed by atoms with E-state index in [4.69, 9.17) is 0 Å². The molecule has 23 heavy (non-hydrogen) atoms. The minimum atomic E-state index is 0.816. The molecule has 2 heterocycles. The molecule has 0 aliphatic carbocycles. The summed E-state index contributed by atoms with van der Waals surface area (Å²) in [4.78, 5) is 7.19. The fourth-order valence-electron chi connectivity index (χ4n) is 2.82. The molecule has 130 valence electrons. The van der Waals surface area contributed by atoms with Gasteiger partial charge in [0.2, 0.25) is 0 Å². The molecule has 1 aliphatic heterocycles. The van der Waals surface area contributed by atoms with Crippen molar-refractivity contribution in [2.75, 3.05) is 39.3 Å². The van der Waals surface area contributed by atoms with Gasteiger partial charge in [0.1, 0.15) is 0 Å². The normalized spacial score (nSPS) is 17.4. The van der Waals surface area contributed by atoms with Crippen LogP contribution in [0, 0.1) is 5.92 Å². The van der Waals surface area contributed by atoms with E-state index in [0.29, 0.717) is 0 Å². The average molecular weight is 320 g/mol. The molecular weight excluding hydrogens is 288 g/mol. The molecule has 0 amide bonds. The van der Waals surface area contributed by atoms with Crippen LogP contribution in [0.2, 0.25) is 0 Å². The number of guanidine groups is 1. The Hall–Kier alpha value is -1.56. The van der Waals surface area contributed by atoms with E-state index < -0.39 is 0 Å². The average Bonchev–Trinajstić information content (AvgIpc) is 3.07. The second-order valence-corrected chi connectivity index (χ2v) is 6.33. The second-order valence-electron chi connectivity index (χ2n) is 6.33. The van der Waals surface area contributed by atoms with Crippen molar-refractivity contribution in [2.24, 2.45) is 10.9 Å². The third kappa shape index (κ3) is 7.03. The molecule has 1 aromatic rings. The highest BCUT2D eigenvalue weighted by Gasteiger charge is 2.14. The van der Waals surface area contributed by atoms with Crippen molar-refractivity contribution in [3.8, 4) is 0 Å². The highest BCUT2D eigenvalue weighted by molar-refractivity contribution is 5.79. The second kappa shape index (κ2) is 10.3. The smallest absolute Gasteiger partial charge is 0.191 e. The van der Waals surface area contributed by atoms with E-state index in [0.717, 1.165) is 51.0 Å². The fraction of sp³-hybridized carbons (Fsp3) is 0.765. The molecule has 6 nitrogen and oxygen atoms in total. The Morgan fingerprint density at radius 1 is 1.26 bits per heavy atom.